The molecule has 2 aliphatic rings. The van der Waals surface area contributed by atoms with Crippen LogP contribution in [0, 0.1) is 11.8 Å². The Hall–Kier alpha value is -2.05. The van der Waals surface area contributed by atoms with Gasteiger partial charge in [0, 0.05) is 43.5 Å². The topological polar surface area (TPSA) is 68.4 Å². The normalized spacial score (nSPS) is 20.9. The van der Waals surface area contributed by atoms with Crippen LogP contribution in [0.1, 0.15) is 36.7 Å². The van der Waals surface area contributed by atoms with Crippen molar-refractivity contribution < 1.29 is 9.59 Å². The average Bonchev–Trinajstić information content (AvgIpc) is 3.18. The summed E-state index contributed by atoms with van der Waals surface area (Å²) in [6.45, 7) is 6.77. The van der Waals surface area contributed by atoms with Gasteiger partial charge in [0.2, 0.25) is 5.91 Å². The average molecular weight is 419 g/mol. The van der Waals surface area contributed by atoms with Crippen LogP contribution in [0.4, 0.5) is 0 Å². The highest BCUT2D eigenvalue weighted by molar-refractivity contribution is 5.98. The van der Waals surface area contributed by atoms with E-state index in [0.29, 0.717) is 50.1 Å². The molecule has 0 saturated carbocycles. The number of hydrogen-bond acceptors (Lipinski definition) is 3. The van der Waals surface area contributed by atoms with E-state index in [4.69, 9.17) is 0 Å². The number of nitrogens with one attached hydrogen (secondary N) is 2. The van der Waals surface area contributed by atoms with Crippen LogP contribution in [-0.2, 0) is 4.79 Å². The monoisotopic (exact) mass is 418 g/mol. The van der Waals surface area contributed by atoms with Gasteiger partial charge in [-0.1, -0.05) is 25.1 Å². The van der Waals surface area contributed by atoms with E-state index >= 15 is 0 Å². The van der Waals surface area contributed by atoms with Crippen molar-refractivity contribution in [2.45, 2.75) is 26.2 Å². The number of piperidine rings is 1. The number of halogens is 1. The molecule has 3 heterocycles. The quantitative estimate of drug-likeness (QED) is 0.802. The lowest BCUT2D eigenvalue weighted by molar-refractivity contribution is -0.134. The largest absolute Gasteiger partial charge is 0.351 e. The van der Waals surface area contributed by atoms with Crippen LogP contribution in [0.2, 0.25) is 0 Å². The van der Waals surface area contributed by atoms with E-state index in [1.165, 1.54) is 12.8 Å². The maximum atomic E-state index is 12.8. The molecule has 2 atom stereocenters. The predicted octanol–water partition coefficient (Wildman–Crippen LogP) is 2.90. The number of para-hydroxylation sites is 1. The van der Waals surface area contributed by atoms with Gasteiger partial charge in [0.15, 0.2) is 0 Å². The van der Waals surface area contributed by atoms with E-state index in [-0.39, 0.29) is 24.2 Å². The fourth-order valence-corrected chi connectivity index (χ4v) is 4.45. The fraction of sp³-hybridized carbons (Fsp3) is 0.545. The molecule has 4 rings (SSSR count). The smallest absolute Gasteiger partial charge is 0.270 e. The van der Waals surface area contributed by atoms with Crippen molar-refractivity contribution in [3.05, 3.63) is 36.0 Å². The van der Waals surface area contributed by atoms with Crippen molar-refractivity contribution in [2.75, 3.05) is 39.3 Å². The highest BCUT2D eigenvalue weighted by atomic mass is 35.5. The zero-order chi connectivity index (χ0) is 19.5. The number of carbonyl (C=O) groups excluding carboxylic acids is 2. The van der Waals surface area contributed by atoms with Crippen molar-refractivity contribution in [1.29, 1.82) is 0 Å². The summed E-state index contributed by atoms with van der Waals surface area (Å²) in [5.41, 5.74) is 1.60. The molecule has 0 aliphatic carbocycles. The summed E-state index contributed by atoms with van der Waals surface area (Å²) in [7, 11) is 0. The van der Waals surface area contributed by atoms with Gasteiger partial charge in [-0.15, -0.1) is 12.4 Å². The Morgan fingerprint density at radius 1 is 1.14 bits per heavy atom. The third-order valence-corrected chi connectivity index (χ3v) is 6.32. The number of piperazine rings is 1. The van der Waals surface area contributed by atoms with Crippen molar-refractivity contribution >= 4 is 35.1 Å². The van der Waals surface area contributed by atoms with Gasteiger partial charge in [-0.3, -0.25) is 9.59 Å². The second kappa shape index (κ2) is 9.63. The molecule has 29 heavy (non-hydrogen) atoms. The Morgan fingerprint density at radius 2 is 1.86 bits per heavy atom. The van der Waals surface area contributed by atoms with Crippen molar-refractivity contribution in [3.8, 4) is 0 Å². The Morgan fingerprint density at radius 3 is 2.55 bits per heavy atom. The summed E-state index contributed by atoms with van der Waals surface area (Å²) in [5, 5.41) is 4.49. The van der Waals surface area contributed by atoms with Gasteiger partial charge in [-0.05, 0) is 49.9 Å². The Balaban J connectivity index is 0.00000240. The molecule has 1 aromatic heterocycles. The molecule has 158 valence electrons. The van der Waals surface area contributed by atoms with E-state index in [1.54, 1.807) is 0 Å². The number of H-pyrrole nitrogens is 1. The second-order valence-electron chi connectivity index (χ2n) is 8.23. The number of nitrogens with zero attached hydrogens (tertiary/aromatic N) is 2. The maximum absolute atomic E-state index is 12.8. The molecule has 2 N–H and O–H groups in total. The highest BCUT2D eigenvalue weighted by Gasteiger charge is 2.28. The third-order valence-electron chi connectivity index (χ3n) is 6.32. The molecule has 0 bridgehead atoms. The van der Waals surface area contributed by atoms with E-state index in [1.807, 2.05) is 40.1 Å². The summed E-state index contributed by atoms with van der Waals surface area (Å²) in [6, 6.07) is 9.82. The van der Waals surface area contributed by atoms with E-state index in [9.17, 15) is 9.59 Å². The zero-order valence-corrected chi connectivity index (χ0v) is 17.8. The Bertz CT molecular complexity index is 805. The van der Waals surface area contributed by atoms with Crippen LogP contribution < -0.4 is 5.32 Å². The number of amides is 2. The number of fused-ring (bicyclic) bond motifs is 1. The zero-order valence-electron chi connectivity index (χ0n) is 17.0. The minimum Gasteiger partial charge on any atom is -0.351 e. The van der Waals surface area contributed by atoms with Gasteiger partial charge in [-0.2, -0.15) is 0 Å². The maximum Gasteiger partial charge on any atom is 0.270 e. The van der Waals surface area contributed by atoms with Crippen LogP contribution >= 0.6 is 12.4 Å². The molecule has 2 amide bonds. The number of benzene rings is 1. The molecule has 2 fully saturated rings. The summed E-state index contributed by atoms with van der Waals surface area (Å²) in [6.07, 6.45) is 3.04. The van der Waals surface area contributed by atoms with Crippen molar-refractivity contribution in [2.24, 2.45) is 11.8 Å². The second-order valence-corrected chi connectivity index (χ2v) is 8.23. The highest BCUT2D eigenvalue weighted by Crippen LogP contribution is 2.24. The van der Waals surface area contributed by atoms with Crippen LogP contribution in [-0.4, -0.2) is 65.9 Å². The first-order chi connectivity index (χ1) is 13.6. The van der Waals surface area contributed by atoms with Crippen LogP contribution in [0.5, 0.6) is 0 Å². The molecule has 7 heteroatoms. The van der Waals surface area contributed by atoms with Gasteiger partial charge in [0.25, 0.3) is 5.91 Å². The molecular weight excluding hydrogens is 388 g/mol. The minimum atomic E-state index is 0. The standard InChI is InChI=1S/C22H30N4O2.ClH/c1-16(18-6-4-8-23-15-18)13-21(27)25-9-11-26(12-10-25)22(28)20-14-17-5-2-3-7-19(17)24-20;/h2-3,5,7,14,16,18,23-24H,4,6,8-13,15H2,1H3;1H. The van der Waals surface area contributed by atoms with Crippen LogP contribution in [0.15, 0.2) is 30.3 Å². The fourth-order valence-electron chi connectivity index (χ4n) is 4.45. The molecule has 1 aromatic carbocycles. The summed E-state index contributed by atoms with van der Waals surface area (Å²) >= 11 is 0. The number of hydrogen-bond donors (Lipinski definition) is 2. The first-order valence-electron chi connectivity index (χ1n) is 10.5. The molecule has 0 spiro atoms. The number of aromatic amines is 1. The summed E-state index contributed by atoms with van der Waals surface area (Å²) in [5.74, 6) is 1.26. The predicted molar refractivity (Wildman–Crippen MR) is 117 cm³/mol. The van der Waals surface area contributed by atoms with Crippen molar-refractivity contribution in [3.63, 3.8) is 0 Å². The summed E-state index contributed by atoms with van der Waals surface area (Å²) in [4.78, 5) is 32.5. The van der Waals surface area contributed by atoms with Gasteiger partial charge in [0.05, 0.1) is 0 Å². The first kappa shape index (κ1) is 21.7. The lowest BCUT2D eigenvalue weighted by Gasteiger charge is -2.36. The van der Waals surface area contributed by atoms with Crippen molar-refractivity contribution in [1.82, 2.24) is 20.1 Å². The minimum absolute atomic E-state index is 0. The molecule has 2 aliphatic heterocycles. The molecule has 0 radical (unpaired) electrons. The SMILES string of the molecule is CC(CC(=O)N1CCN(C(=O)c2cc3ccccc3[nH]2)CC1)C1CCCNC1.Cl. The molecular formula is C22H31ClN4O2. The van der Waals surface area contributed by atoms with Gasteiger partial charge < -0.3 is 20.1 Å². The van der Waals surface area contributed by atoms with Crippen LogP contribution in [0.25, 0.3) is 10.9 Å². The van der Waals surface area contributed by atoms with E-state index in [2.05, 4.69) is 17.2 Å². The Labute approximate surface area is 178 Å². The number of carbonyl (C=O) groups is 2. The number of aromatic nitrogens is 1. The third kappa shape index (κ3) is 4.93. The Kier molecular flexibility index (Phi) is 7.19. The molecule has 6 nitrogen and oxygen atoms in total. The van der Waals surface area contributed by atoms with E-state index < -0.39 is 0 Å². The molecule has 2 unspecified atom stereocenters. The van der Waals surface area contributed by atoms with Gasteiger partial charge >= 0.3 is 0 Å². The lowest BCUT2D eigenvalue weighted by atomic mass is 9.85. The van der Waals surface area contributed by atoms with Gasteiger partial charge in [0.1, 0.15) is 5.69 Å². The van der Waals surface area contributed by atoms with Gasteiger partial charge in [-0.25, -0.2) is 0 Å². The number of rotatable bonds is 4. The van der Waals surface area contributed by atoms with E-state index in [0.717, 1.165) is 24.0 Å². The van der Waals surface area contributed by atoms with Crippen LogP contribution in [0.3, 0.4) is 0 Å². The lowest BCUT2D eigenvalue weighted by Crippen LogP contribution is -2.51. The summed E-state index contributed by atoms with van der Waals surface area (Å²) < 4.78 is 0. The molecule has 2 aromatic rings. The first-order valence-corrected chi connectivity index (χ1v) is 10.5. The molecule has 2 saturated heterocycles.